The van der Waals surface area contributed by atoms with E-state index in [1.807, 2.05) is 45.0 Å². The Balaban J connectivity index is 0.00000450. The Morgan fingerprint density at radius 3 is 2.30 bits per heavy atom. The molecular weight excluding hydrogens is 470 g/mol. The molecule has 2 aromatic rings. The zero-order valence-electron chi connectivity index (χ0n) is 17.1. The van der Waals surface area contributed by atoms with Crippen LogP contribution in [0.2, 0.25) is 0 Å². The maximum atomic E-state index is 5.66. The third kappa shape index (κ3) is 7.49. The van der Waals surface area contributed by atoms with Crippen molar-refractivity contribution in [1.29, 1.82) is 0 Å². The standard InChI is InChI=1S/C19H25N7OS2.Cu/c1-5-20-18(28)25-23-13(4)15(24-26-19(29)21-6-2)16-17(27-11-22-16)14-9-7-8-12(3)10-14;/h7-11H,5-6H2,1-4H3,(H2,20,25,28)(H2,21,26,29);/q;+2/p-2/b23-13+,24-15-;. The molecule has 30 heavy (non-hydrogen) atoms. The summed E-state index contributed by atoms with van der Waals surface area (Å²) in [6.07, 6.45) is 1.37. The van der Waals surface area contributed by atoms with Crippen LogP contribution in [0.15, 0.2) is 55.3 Å². The molecule has 0 bridgehead atoms. The Morgan fingerprint density at radius 2 is 1.70 bits per heavy atom. The average molecular weight is 493 g/mol. The van der Waals surface area contributed by atoms with E-state index in [1.165, 1.54) is 6.39 Å². The summed E-state index contributed by atoms with van der Waals surface area (Å²) in [5.41, 5.74) is 8.96. The van der Waals surface area contributed by atoms with Crippen LogP contribution in [0.1, 0.15) is 32.0 Å². The van der Waals surface area contributed by atoms with Crippen molar-refractivity contribution in [3.8, 4) is 11.3 Å². The molecule has 1 aromatic carbocycles. The fraction of sp³-hybridized carbons (Fsp3) is 0.316. The van der Waals surface area contributed by atoms with Gasteiger partial charge in [-0.15, -0.1) is 0 Å². The van der Waals surface area contributed by atoms with Crippen LogP contribution in [0.25, 0.3) is 11.3 Å². The van der Waals surface area contributed by atoms with Gasteiger partial charge in [0.05, 0.1) is 5.71 Å². The molecule has 11 heteroatoms. The van der Waals surface area contributed by atoms with Crippen molar-refractivity contribution < 1.29 is 21.5 Å². The first kappa shape index (κ1) is 25.7. The van der Waals surface area contributed by atoms with Gasteiger partial charge in [0.2, 0.25) is 0 Å². The first-order chi connectivity index (χ1) is 14.0. The van der Waals surface area contributed by atoms with Gasteiger partial charge < -0.3 is 29.7 Å². The van der Waals surface area contributed by atoms with Crippen LogP contribution in [-0.4, -0.2) is 39.8 Å². The van der Waals surface area contributed by atoms with Gasteiger partial charge in [-0.1, -0.05) is 23.8 Å². The first-order valence-electron chi connectivity index (χ1n) is 9.04. The van der Waals surface area contributed by atoms with Gasteiger partial charge in [0, 0.05) is 18.7 Å². The number of aryl methyl sites for hydroxylation is 1. The quantitative estimate of drug-likeness (QED) is 0.203. The molecule has 1 aromatic heterocycles. The van der Waals surface area contributed by atoms with Crippen molar-refractivity contribution in [3.63, 3.8) is 0 Å². The first-order valence-corrected chi connectivity index (χ1v) is 9.86. The summed E-state index contributed by atoms with van der Waals surface area (Å²) in [6.45, 7) is 8.68. The van der Waals surface area contributed by atoms with E-state index in [1.54, 1.807) is 6.92 Å². The zero-order chi connectivity index (χ0) is 21.2. The van der Waals surface area contributed by atoms with E-state index in [2.05, 4.69) is 36.0 Å². The minimum Gasteiger partial charge on any atom is -0.741 e. The maximum Gasteiger partial charge on any atom is 2.00 e. The largest absolute Gasteiger partial charge is 2.00 e. The van der Waals surface area contributed by atoms with E-state index in [-0.39, 0.29) is 27.4 Å². The Bertz CT molecular complexity index is 954. The van der Waals surface area contributed by atoms with Gasteiger partial charge in [-0.2, -0.15) is 10.2 Å². The fourth-order valence-corrected chi connectivity index (χ4v) is 2.71. The molecule has 0 unspecified atom stereocenters. The molecule has 2 N–H and O–H groups in total. The van der Waals surface area contributed by atoms with Crippen LogP contribution in [0, 0.1) is 6.92 Å². The number of nitrogens with one attached hydrogen (secondary N) is 2. The molecule has 0 amide bonds. The number of benzene rings is 1. The Kier molecular flexibility index (Phi) is 11.2. The second-order valence-corrected chi connectivity index (χ2v) is 6.61. The second kappa shape index (κ2) is 13.1. The predicted octanol–water partition coefficient (Wildman–Crippen LogP) is 2.75. The number of hydrogen-bond acceptors (Lipinski definition) is 8. The molecule has 8 nitrogen and oxygen atoms in total. The number of aromatic nitrogens is 1. The van der Waals surface area contributed by atoms with Gasteiger partial charge >= 0.3 is 17.1 Å². The van der Waals surface area contributed by atoms with Gasteiger partial charge in [0.25, 0.3) is 0 Å². The van der Waals surface area contributed by atoms with Crippen LogP contribution in [0.5, 0.6) is 0 Å². The summed E-state index contributed by atoms with van der Waals surface area (Å²) in [5.74, 6) is 0.572. The van der Waals surface area contributed by atoms with Crippen LogP contribution in [0.4, 0.5) is 0 Å². The summed E-state index contributed by atoms with van der Waals surface area (Å²) in [7, 11) is 0. The predicted molar refractivity (Wildman–Crippen MR) is 123 cm³/mol. The monoisotopic (exact) mass is 492 g/mol. The Labute approximate surface area is 198 Å². The normalized spacial score (nSPS) is 13.1. The summed E-state index contributed by atoms with van der Waals surface area (Å²) in [5, 5.41) is 9.22. The summed E-state index contributed by atoms with van der Waals surface area (Å²) in [6, 6.07) is 7.91. The molecule has 0 saturated carbocycles. The molecule has 0 atom stereocenters. The van der Waals surface area contributed by atoms with Gasteiger partial charge in [-0.05, 0) is 44.1 Å². The molecule has 0 aliphatic carbocycles. The molecule has 1 heterocycles. The number of oxazole rings is 1. The molecule has 0 aliphatic rings. The van der Waals surface area contributed by atoms with Crippen LogP contribution >= 0.6 is 0 Å². The third-order valence-electron chi connectivity index (χ3n) is 3.60. The number of hydrogen-bond donors (Lipinski definition) is 2. The van der Waals surface area contributed by atoms with E-state index < -0.39 is 0 Å². The molecule has 163 valence electrons. The summed E-state index contributed by atoms with van der Waals surface area (Å²) >= 11 is 10.3. The number of rotatable bonds is 7. The summed E-state index contributed by atoms with van der Waals surface area (Å²) < 4.78 is 5.66. The molecular formula is C19H23CuN7OS2. The van der Waals surface area contributed by atoms with Crippen molar-refractivity contribution in [2.24, 2.45) is 20.2 Å². The summed E-state index contributed by atoms with van der Waals surface area (Å²) in [4.78, 5) is 12.5. The smallest absolute Gasteiger partial charge is 0.741 e. The van der Waals surface area contributed by atoms with Crippen molar-refractivity contribution in [3.05, 3.63) is 41.9 Å². The van der Waals surface area contributed by atoms with Crippen LogP contribution in [0.3, 0.4) is 0 Å². The molecule has 2 rings (SSSR count). The second-order valence-electron chi connectivity index (χ2n) is 5.84. The number of amidine groups is 2. The zero-order valence-corrected chi connectivity index (χ0v) is 19.6. The number of nitrogens with zero attached hydrogens (tertiary/aromatic N) is 5. The molecule has 0 spiro atoms. The van der Waals surface area contributed by atoms with Gasteiger partial charge in [0.1, 0.15) is 11.4 Å². The van der Waals surface area contributed by atoms with Crippen LogP contribution in [-0.2, 0) is 42.3 Å². The minimum absolute atomic E-state index is 0. The number of hydrazone groups is 2. The minimum atomic E-state index is 0. The van der Waals surface area contributed by atoms with Crippen molar-refractivity contribution in [2.75, 3.05) is 13.1 Å². The van der Waals surface area contributed by atoms with Crippen molar-refractivity contribution in [1.82, 2.24) is 15.8 Å². The van der Waals surface area contributed by atoms with E-state index in [0.717, 1.165) is 11.1 Å². The van der Waals surface area contributed by atoms with Gasteiger partial charge in [-0.3, -0.25) is 20.8 Å². The molecule has 0 fully saturated rings. The molecule has 0 aliphatic heterocycles. The van der Waals surface area contributed by atoms with Crippen molar-refractivity contribution >= 4 is 47.0 Å². The average Bonchev–Trinajstić information content (AvgIpc) is 3.16. The SMILES string of the molecule is CCN=C([S-])N/N=C(C)/C(=N/NC([S-])=NCC)c1ncoc1-c1cccc(C)c1.[Cu+2]. The van der Waals surface area contributed by atoms with E-state index >= 15 is 0 Å². The Morgan fingerprint density at radius 1 is 1.07 bits per heavy atom. The van der Waals surface area contributed by atoms with Crippen molar-refractivity contribution in [2.45, 2.75) is 27.7 Å². The van der Waals surface area contributed by atoms with Gasteiger partial charge in [-0.25, -0.2) is 4.98 Å². The number of aliphatic imine (C=N–C) groups is 2. The third-order valence-corrected chi connectivity index (χ3v) is 4.04. The maximum absolute atomic E-state index is 5.66. The van der Waals surface area contributed by atoms with Crippen LogP contribution < -0.4 is 10.9 Å². The topological polar surface area (TPSA) is 99.5 Å². The fourth-order valence-electron chi connectivity index (χ4n) is 2.36. The molecule has 1 radical (unpaired) electrons. The van der Waals surface area contributed by atoms with Gasteiger partial charge in [0.15, 0.2) is 12.2 Å². The molecule has 0 saturated heterocycles. The van der Waals surface area contributed by atoms with E-state index in [0.29, 0.717) is 36.0 Å². The van der Waals surface area contributed by atoms with E-state index in [4.69, 9.17) is 29.7 Å². The Hall–Kier alpha value is -2.33. The van der Waals surface area contributed by atoms with E-state index in [9.17, 15) is 0 Å².